The fraction of sp³-hybridized carbons (Fsp3) is 0.600. The predicted molar refractivity (Wildman–Crippen MR) is 77.3 cm³/mol. The SMILES string of the molecule is CCCOc1cc(N2C(C)CCC2C)ccc1N. The average molecular weight is 248 g/mol. The molecule has 2 atom stereocenters. The summed E-state index contributed by atoms with van der Waals surface area (Å²) in [6.45, 7) is 7.39. The molecule has 0 saturated carbocycles. The van der Waals surface area contributed by atoms with Crippen molar-refractivity contribution >= 4 is 11.4 Å². The highest BCUT2D eigenvalue weighted by atomic mass is 16.5. The number of anilines is 2. The van der Waals surface area contributed by atoms with E-state index in [0.29, 0.717) is 12.1 Å². The van der Waals surface area contributed by atoms with Gasteiger partial charge in [-0.1, -0.05) is 6.92 Å². The molecule has 0 spiro atoms. The lowest BCUT2D eigenvalue weighted by Crippen LogP contribution is -2.32. The van der Waals surface area contributed by atoms with Crippen LogP contribution in [0.4, 0.5) is 11.4 Å². The molecule has 0 aromatic heterocycles. The molecule has 1 aliphatic heterocycles. The van der Waals surface area contributed by atoms with Gasteiger partial charge in [0, 0.05) is 23.8 Å². The molecular weight excluding hydrogens is 224 g/mol. The third-order valence-electron chi connectivity index (χ3n) is 3.71. The topological polar surface area (TPSA) is 38.5 Å². The number of benzene rings is 1. The van der Waals surface area contributed by atoms with Gasteiger partial charge in [-0.15, -0.1) is 0 Å². The van der Waals surface area contributed by atoms with Crippen LogP contribution in [-0.2, 0) is 0 Å². The molecule has 100 valence electrons. The van der Waals surface area contributed by atoms with Crippen LogP contribution in [0.2, 0.25) is 0 Å². The molecule has 2 N–H and O–H groups in total. The third kappa shape index (κ3) is 2.55. The first kappa shape index (κ1) is 13.1. The van der Waals surface area contributed by atoms with Crippen molar-refractivity contribution in [2.75, 3.05) is 17.2 Å². The standard InChI is InChI=1S/C15H24N2O/c1-4-9-18-15-10-13(7-8-14(15)16)17-11(2)5-6-12(17)3/h7-8,10-12H,4-6,9,16H2,1-3H3. The predicted octanol–water partition coefficient (Wildman–Crippen LogP) is 3.43. The van der Waals surface area contributed by atoms with E-state index in [1.54, 1.807) is 0 Å². The molecule has 1 aliphatic rings. The van der Waals surface area contributed by atoms with Crippen molar-refractivity contribution < 1.29 is 4.74 Å². The summed E-state index contributed by atoms with van der Waals surface area (Å²) in [7, 11) is 0. The van der Waals surface area contributed by atoms with Crippen molar-refractivity contribution in [2.24, 2.45) is 0 Å². The Morgan fingerprint density at radius 3 is 2.56 bits per heavy atom. The fourth-order valence-corrected chi connectivity index (χ4v) is 2.72. The maximum atomic E-state index is 5.95. The molecule has 1 heterocycles. The van der Waals surface area contributed by atoms with Crippen LogP contribution in [0.3, 0.4) is 0 Å². The second-order valence-electron chi connectivity index (χ2n) is 5.25. The Morgan fingerprint density at radius 1 is 1.28 bits per heavy atom. The second kappa shape index (κ2) is 5.51. The van der Waals surface area contributed by atoms with Crippen molar-refractivity contribution in [3.63, 3.8) is 0 Å². The molecule has 2 unspecified atom stereocenters. The van der Waals surface area contributed by atoms with E-state index in [0.717, 1.165) is 24.5 Å². The molecule has 2 rings (SSSR count). The highest BCUT2D eigenvalue weighted by Gasteiger charge is 2.27. The van der Waals surface area contributed by atoms with Gasteiger partial charge in [0.2, 0.25) is 0 Å². The lowest BCUT2D eigenvalue weighted by molar-refractivity contribution is 0.319. The van der Waals surface area contributed by atoms with E-state index >= 15 is 0 Å². The van der Waals surface area contributed by atoms with E-state index in [4.69, 9.17) is 10.5 Å². The van der Waals surface area contributed by atoms with E-state index in [9.17, 15) is 0 Å². The zero-order chi connectivity index (χ0) is 13.1. The summed E-state index contributed by atoms with van der Waals surface area (Å²) in [6, 6.07) is 7.35. The number of ether oxygens (including phenoxy) is 1. The quantitative estimate of drug-likeness (QED) is 0.830. The molecule has 1 aromatic carbocycles. The van der Waals surface area contributed by atoms with Crippen molar-refractivity contribution in [3.8, 4) is 5.75 Å². The van der Waals surface area contributed by atoms with Crippen molar-refractivity contribution in [1.82, 2.24) is 0 Å². The highest BCUT2D eigenvalue weighted by molar-refractivity contribution is 5.63. The number of hydrogen-bond donors (Lipinski definition) is 1. The smallest absolute Gasteiger partial charge is 0.144 e. The number of nitrogen functional groups attached to an aromatic ring is 1. The summed E-state index contributed by atoms with van der Waals surface area (Å²) in [5.74, 6) is 0.820. The van der Waals surface area contributed by atoms with Gasteiger partial charge >= 0.3 is 0 Å². The minimum Gasteiger partial charge on any atom is -0.491 e. The monoisotopic (exact) mass is 248 g/mol. The molecule has 18 heavy (non-hydrogen) atoms. The highest BCUT2D eigenvalue weighted by Crippen LogP contribution is 2.34. The maximum Gasteiger partial charge on any atom is 0.144 e. The van der Waals surface area contributed by atoms with Gasteiger partial charge in [0.1, 0.15) is 5.75 Å². The fourth-order valence-electron chi connectivity index (χ4n) is 2.72. The molecule has 0 bridgehead atoms. The number of rotatable bonds is 4. The van der Waals surface area contributed by atoms with Crippen LogP contribution in [0.25, 0.3) is 0 Å². The normalized spacial score (nSPS) is 23.4. The van der Waals surface area contributed by atoms with Gasteiger partial charge in [0.15, 0.2) is 0 Å². The third-order valence-corrected chi connectivity index (χ3v) is 3.71. The molecule has 1 saturated heterocycles. The molecule has 1 fully saturated rings. The minimum atomic E-state index is 0.600. The van der Waals surface area contributed by atoms with Gasteiger partial charge in [0.25, 0.3) is 0 Å². The van der Waals surface area contributed by atoms with Gasteiger partial charge in [-0.3, -0.25) is 0 Å². The molecule has 1 aromatic rings. The zero-order valence-electron chi connectivity index (χ0n) is 11.6. The van der Waals surface area contributed by atoms with Crippen LogP contribution >= 0.6 is 0 Å². The molecule has 0 radical (unpaired) electrons. The van der Waals surface area contributed by atoms with E-state index in [1.165, 1.54) is 18.5 Å². The number of hydrogen-bond acceptors (Lipinski definition) is 3. The first-order valence-corrected chi connectivity index (χ1v) is 6.94. The van der Waals surface area contributed by atoms with Crippen LogP contribution in [0.1, 0.15) is 40.0 Å². The van der Waals surface area contributed by atoms with E-state index in [1.807, 2.05) is 6.07 Å². The molecule has 0 amide bonds. The van der Waals surface area contributed by atoms with Gasteiger partial charge in [-0.05, 0) is 45.2 Å². The Morgan fingerprint density at radius 2 is 1.94 bits per heavy atom. The minimum absolute atomic E-state index is 0.600. The Labute approximate surface area is 110 Å². The van der Waals surface area contributed by atoms with Gasteiger partial charge in [-0.2, -0.15) is 0 Å². The zero-order valence-corrected chi connectivity index (χ0v) is 11.6. The van der Waals surface area contributed by atoms with Crippen LogP contribution in [0.5, 0.6) is 5.75 Å². The number of nitrogens with two attached hydrogens (primary N) is 1. The van der Waals surface area contributed by atoms with E-state index < -0.39 is 0 Å². The largest absolute Gasteiger partial charge is 0.491 e. The Balaban J connectivity index is 2.23. The van der Waals surface area contributed by atoms with Gasteiger partial charge in [-0.25, -0.2) is 0 Å². The molecule has 3 heteroatoms. The average Bonchev–Trinajstić information content (AvgIpc) is 2.68. The lowest BCUT2D eigenvalue weighted by atomic mass is 10.2. The molecular formula is C15H24N2O. The molecule has 3 nitrogen and oxygen atoms in total. The van der Waals surface area contributed by atoms with Crippen molar-refractivity contribution in [2.45, 2.75) is 52.1 Å². The van der Waals surface area contributed by atoms with Crippen LogP contribution in [0.15, 0.2) is 18.2 Å². The summed E-state index contributed by atoms with van der Waals surface area (Å²) < 4.78 is 5.70. The summed E-state index contributed by atoms with van der Waals surface area (Å²) in [6.07, 6.45) is 3.52. The van der Waals surface area contributed by atoms with Crippen LogP contribution in [0, 0.1) is 0 Å². The molecule has 0 aliphatic carbocycles. The van der Waals surface area contributed by atoms with Crippen molar-refractivity contribution in [1.29, 1.82) is 0 Å². The van der Waals surface area contributed by atoms with Crippen LogP contribution < -0.4 is 15.4 Å². The van der Waals surface area contributed by atoms with E-state index in [2.05, 4.69) is 37.8 Å². The first-order valence-electron chi connectivity index (χ1n) is 6.94. The summed E-state index contributed by atoms with van der Waals surface area (Å²) >= 11 is 0. The van der Waals surface area contributed by atoms with E-state index in [-0.39, 0.29) is 0 Å². The lowest BCUT2D eigenvalue weighted by Gasteiger charge is -2.29. The van der Waals surface area contributed by atoms with Gasteiger partial charge < -0.3 is 15.4 Å². The Bertz CT molecular complexity index is 395. The number of nitrogens with zero attached hydrogens (tertiary/aromatic N) is 1. The Kier molecular flexibility index (Phi) is 4.00. The first-order chi connectivity index (χ1) is 8.63. The van der Waals surface area contributed by atoms with Gasteiger partial charge in [0.05, 0.1) is 12.3 Å². The maximum absolute atomic E-state index is 5.95. The Hall–Kier alpha value is -1.38. The summed E-state index contributed by atoms with van der Waals surface area (Å²) in [5, 5.41) is 0. The summed E-state index contributed by atoms with van der Waals surface area (Å²) in [4.78, 5) is 2.47. The summed E-state index contributed by atoms with van der Waals surface area (Å²) in [5.41, 5.74) is 7.91. The van der Waals surface area contributed by atoms with Crippen LogP contribution in [-0.4, -0.2) is 18.7 Å². The van der Waals surface area contributed by atoms with Crippen molar-refractivity contribution in [3.05, 3.63) is 18.2 Å². The second-order valence-corrected chi connectivity index (χ2v) is 5.25.